The van der Waals surface area contributed by atoms with Gasteiger partial charge in [-0.3, -0.25) is 0 Å². The van der Waals surface area contributed by atoms with Crippen molar-refractivity contribution in [2.75, 3.05) is 19.8 Å². The van der Waals surface area contributed by atoms with Gasteiger partial charge in [0.1, 0.15) is 5.60 Å². The maximum atomic E-state index is 11.9. The number of thioether (sulfide) groups is 1. The van der Waals surface area contributed by atoms with E-state index in [2.05, 4.69) is 9.97 Å². The van der Waals surface area contributed by atoms with Crippen molar-refractivity contribution in [2.45, 2.75) is 44.9 Å². The van der Waals surface area contributed by atoms with Crippen LogP contribution in [0.3, 0.4) is 0 Å². The van der Waals surface area contributed by atoms with Crippen molar-refractivity contribution in [2.24, 2.45) is 0 Å². The van der Waals surface area contributed by atoms with Crippen LogP contribution in [0.25, 0.3) is 0 Å². The summed E-state index contributed by atoms with van der Waals surface area (Å²) >= 11 is 1.37. The Hall–Kier alpha value is -1.50. The molecule has 1 heterocycles. The third kappa shape index (κ3) is 5.41. The Morgan fingerprint density at radius 2 is 2.00 bits per heavy atom. The van der Waals surface area contributed by atoms with Gasteiger partial charge < -0.3 is 14.7 Å². The molecule has 0 atom stereocenters. The highest BCUT2D eigenvalue weighted by atomic mass is 32.2. The molecule has 0 fully saturated rings. The third-order valence-electron chi connectivity index (χ3n) is 2.76. The fourth-order valence-electron chi connectivity index (χ4n) is 1.65. The molecule has 0 saturated carbocycles. The first-order chi connectivity index (χ1) is 9.64. The van der Waals surface area contributed by atoms with Crippen molar-refractivity contribution in [1.29, 1.82) is 0 Å². The molecule has 0 radical (unpaired) electrons. The molecule has 1 rings (SSSR count). The minimum atomic E-state index is -0.521. The van der Waals surface area contributed by atoms with E-state index in [-0.39, 0.29) is 12.0 Å². The number of ether oxygens (including phenoxy) is 1. The lowest BCUT2D eigenvalue weighted by Gasteiger charge is -2.24. The van der Waals surface area contributed by atoms with Gasteiger partial charge in [-0.1, -0.05) is 11.8 Å². The standard InChI is InChI=1S/C14H23N3O3S/c1-9-10(11(18)16-12(15-9)21-6)7-8-17(5)13(19)20-14(2,3)4/h7-8H2,1-6H3,(H,15,16,18). The molecular formula is C14H23N3O3S. The topological polar surface area (TPSA) is 75.6 Å². The Morgan fingerprint density at radius 3 is 2.48 bits per heavy atom. The average Bonchev–Trinajstić information content (AvgIpc) is 2.35. The van der Waals surface area contributed by atoms with Crippen LogP contribution in [0.2, 0.25) is 0 Å². The number of likely N-dealkylation sites (N-methyl/N-ethyl adjacent to an activating group) is 1. The molecule has 118 valence electrons. The summed E-state index contributed by atoms with van der Waals surface area (Å²) in [5, 5.41) is 10.5. The molecule has 0 aliphatic carbocycles. The van der Waals surface area contributed by atoms with Crippen molar-refractivity contribution < 1.29 is 14.6 Å². The quantitative estimate of drug-likeness (QED) is 0.680. The van der Waals surface area contributed by atoms with Crippen LogP contribution >= 0.6 is 11.8 Å². The molecule has 1 N–H and O–H groups in total. The van der Waals surface area contributed by atoms with Crippen LogP contribution in [0, 0.1) is 6.92 Å². The fraction of sp³-hybridized carbons (Fsp3) is 0.643. The largest absolute Gasteiger partial charge is 0.493 e. The number of aromatic hydroxyl groups is 1. The molecular weight excluding hydrogens is 290 g/mol. The molecule has 1 aromatic rings. The molecule has 7 heteroatoms. The van der Waals surface area contributed by atoms with Crippen LogP contribution in [0.5, 0.6) is 5.88 Å². The van der Waals surface area contributed by atoms with E-state index >= 15 is 0 Å². The van der Waals surface area contributed by atoms with Gasteiger partial charge >= 0.3 is 6.09 Å². The van der Waals surface area contributed by atoms with E-state index in [1.807, 2.05) is 34.0 Å². The summed E-state index contributed by atoms with van der Waals surface area (Å²) in [5.41, 5.74) is 0.861. The van der Waals surface area contributed by atoms with Crippen molar-refractivity contribution in [1.82, 2.24) is 14.9 Å². The van der Waals surface area contributed by atoms with Crippen LogP contribution in [0.15, 0.2) is 5.16 Å². The fourth-order valence-corrected chi connectivity index (χ4v) is 2.06. The van der Waals surface area contributed by atoms with Gasteiger partial charge in [-0.25, -0.2) is 9.78 Å². The summed E-state index contributed by atoms with van der Waals surface area (Å²) < 4.78 is 5.27. The van der Waals surface area contributed by atoms with Gasteiger partial charge in [0.15, 0.2) is 5.16 Å². The highest BCUT2D eigenvalue weighted by Gasteiger charge is 2.20. The zero-order chi connectivity index (χ0) is 16.2. The van der Waals surface area contributed by atoms with Gasteiger partial charge in [-0.15, -0.1) is 0 Å². The Bertz CT molecular complexity index is 492. The van der Waals surface area contributed by atoms with E-state index in [9.17, 15) is 9.90 Å². The highest BCUT2D eigenvalue weighted by molar-refractivity contribution is 7.98. The van der Waals surface area contributed by atoms with Gasteiger partial charge in [0.2, 0.25) is 5.88 Å². The van der Waals surface area contributed by atoms with Gasteiger partial charge in [0, 0.05) is 24.8 Å². The second kappa shape index (κ2) is 6.98. The monoisotopic (exact) mass is 313 g/mol. The number of carbonyl (C=O) groups is 1. The van der Waals surface area contributed by atoms with E-state index in [0.717, 1.165) is 5.69 Å². The molecule has 0 aliphatic heterocycles. The third-order valence-corrected chi connectivity index (χ3v) is 3.30. The number of amides is 1. The van der Waals surface area contributed by atoms with Gasteiger partial charge in [0.05, 0.1) is 0 Å². The minimum Gasteiger partial charge on any atom is -0.493 e. The van der Waals surface area contributed by atoms with Crippen molar-refractivity contribution in [3.05, 3.63) is 11.3 Å². The van der Waals surface area contributed by atoms with Crippen molar-refractivity contribution >= 4 is 17.9 Å². The molecule has 1 aromatic heterocycles. The lowest BCUT2D eigenvalue weighted by Crippen LogP contribution is -2.35. The molecule has 0 spiro atoms. The highest BCUT2D eigenvalue weighted by Crippen LogP contribution is 2.21. The molecule has 0 aliphatic rings. The molecule has 6 nitrogen and oxygen atoms in total. The minimum absolute atomic E-state index is 0.0237. The SMILES string of the molecule is CSc1nc(C)c(CCN(C)C(=O)OC(C)(C)C)c(O)n1. The Morgan fingerprint density at radius 1 is 1.38 bits per heavy atom. The first kappa shape index (κ1) is 17.6. The molecule has 1 amide bonds. The first-order valence-electron chi connectivity index (χ1n) is 6.68. The average molecular weight is 313 g/mol. The molecule has 0 bridgehead atoms. The zero-order valence-corrected chi connectivity index (χ0v) is 14.2. The van der Waals surface area contributed by atoms with E-state index < -0.39 is 5.60 Å². The second-order valence-corrected chi connectivity index (χ2v) is 6.52. The van der Waals surface area contributed by atoms with Crippen LogP contribution < -0.4 is 0 Å². The lowest BCUT2D eigenvalue weighted by atomic mass is 10.1. The molecule has 0 aromatic carbocycles. The summed E-state index contributed by atoms with van der Waals surface area (Å²) in [4.78, 5) is 21.6. The maximum absolute atomic E-state index is 11.9. The summed E-state index contributed by atoms with van der Waals surface area (Å²) in [7, 11) is 1.66. The van der Waals surface area contributed by atoms with Crippen molar-refractivity contribution in [3.63, 3.8) is 0 Å². The predicted octanol–water partition coefficient (Wildman–Crippen LogP) is 2.62. The van der Waals surface area contributed by atoms with Gasteiger partial charge in [-0.05, 0) is 40.4 Å². The van der Waals surface area contributed by atoms with Crippen molar-refractivity contribution in [3.8, 4) is 5.88 Å². The number of hydrogen-bond acceptors (Lipinski definition) is 6. The summed E-state index contributed by atoms with van der Waals surface area (Å²) in [6.45, 7) is 7.71. The Labute approximate surface area is 129 Å². The summed E-state index contributed by atoms with van der Waals surface area (Å²) in [6, 6.07) is 0. The summed E-state index contributed by atoms with van der Waals surface area (Å²) in [5.74, 6) is -0.0237. The van der Waals surface area contributed by atoms with E-state index in [4.69, 9.17) is 4.74 Å². The molecule has 0 saturated heterocycles. The number of rotatable bonds is 4. The molecule has 0 unspecified atom stereocenters. The van der Waals surface area contributed by atoms with Crippen LogP contribution in [0.1, 0.15) is 32.0 Å². The normalized spacial score (nSPS) is 11.3. The number of aromatic nitrogens is 2. The van der Waals surface area contributed by atoms with Crippen LogP contribution in [-0.4, -0.2) is 51.5 Å². The van der Waals surface area contributed by atoms with Gasteiger partial charge in [0.25, 0.3) is 0 Å². The zero-order valence-electron chi connectivity index (χ0n) is 13.4. The van der Waals surface area contributed by atoms with Crippen LogP contribution in [0.4, 0.5) is 4.79 Å². The van der Waals surface area contributed by atoms with E-state index in [0.29, 0.717) is 23.7 Å². The van der Waals surface area contributed by atoms with Crippen LogP contribution in [-0.2, 0) is 11.2 Å². The summed E-state index contributed by atoms with van der Waals surface area (Å²) in [6.07, 6.45) is 1.94. The maximum Gasteiger partial charge on any atom is 0.410 e. The number of carbonyl (C=O) groups excluding carboxylic acids is 1. The van der Waals surface area contributed by atoms with Gasteiger partial charge in [-0.2, -0.15) is 4.98 Å². The number of nitrogens with zero attached hydrogens (tertiary/aromatic N) is 3. The Kier molecular flexibility index (Phi) is 5.83. The second-order valence-electron chi connectivity index (χ2n) is 5.75. The van der Waals surface area contributed by atoms with E-state index in [1.165, 1.54) is 16.7 Å². The number of aryl methyl sites for hydroxylation is 1. The number of hydrogen-bond donors (Lipinski definition) is 1. The predicted molar refractivity (Wildman–Crippen MR) is 82.8 cm³/mol. The lowest BCUT2D eigenvalue weighted by molar-refractivity contribution is 0.0300. The smallest absolute Gasteiger partial charge is 0.410 e. The first-order valence-corrected chi connectivity index (χ1v) is 7.91. The Balaban J connectivity index is 2.69. The van der Waals surface area contributed by atoms with E-state index in [1.54, 1.807) is 7.05 Å². The molecule has 21 heavy (non-hydrogen) atoms.